The highest BCUT2D eigenvalue weighted by atomic mass is 16.2. The number of nitrogens with zero attached hydrogens (tertiary/aromatic N) is 1. The van der Waals surface area contributed by atoms with Crippen molar-refractivity contribution in [1.29, 1.82) is 0 Å². The Balaban J connectivity index is 2.14. The van der Waals surface area contributed by atoms with Gasteiger partial charge in [0.05, 0.1) is 0 Å². The second-order valence-electron chi connectivity index (χ2n) is 4.93. The summed E-state index contributed by atoms with van der Waals surface area (Å²) >= 11 is 0. The molecule has 0 aliphatic rings. The van der Waals surface area contributed by atoms with Crippen LogP contribution in [0.2, 0.25) is 0 Å². The largest absolute Gasteiger partial charge is 0.388 e. The van der Waals surface area contributed by atoms with E-state index in [2.05, 4.69) is 5.32 Å². The van der Waals surface area contributed by atoms with Gasteiger partial charge in [-0.1, -0.05) is 30.3 Å². The zero-order chi connectivity index (χ0) is 14.5. The molecule has 2 rings (SSSR count). The topological polar surface area (TPSA) is 32.3 Å². The average Bonchev–Trinajstić information content (AvgIpc) is 2.47. The van der Waals surface area contributed by atoms with Crippen LogP contribution in [0.5, 0.6) is 0 Å². The third-order valence-corrected chi connectivity index (χ3v) is 3.35. The fourth-order valence-corrected chi connectivity index (χ4v) is 2.19. The third kappa shape index (κ3) is 3.18. The summed E-state index contributed by atoms with van der Waals surface area (Å²) in [5.41, 5.74) is 3.89. The molecule has 1 amide bonds. The third-order valence-electron chi connectivity index (χ3n) is 3.35. The summed E-state index contributed by atoms with van der Waals surface area (Å²) in [5, 5.41) is 3.08. The molecule has 0 aliphatic heterocycles. The van der Waals surface area contributed by atoms with E-state index >= 15 is 0 Å². The molecule has 0 saturated carbocycles. The Hall–Kier alpha value is -2.29. The van der Waals surface area contributed by atoms with E-state index in [0.717, 1.165) is 22.4 Å². The van der Waals surface area contributed by atoms with Gasteiger partial charge in [-0.2, -0.15) is 0 Å². The summed E-state index contributed by atoms with van der Waals surface area (Å²) in [5.74, 6) is 0.0500. The molecule has 0 spiro atoms. The normalized spacial score (nSPS) is 10.2. The summed E-state index contributed by atoms with van der Waals surface area (Å²) in [7, 11) is 3.71. The molecule has 0 radical (unpaired) electrons. The van der Waals surface area contributed by atoms with Gasteiger partial charge in [0.25, 0.3) is 5.91 Å². The van der Waals surface area contributed by atoms with Crippen molar-refractivity contribution in [2.24, 2.45) is 0 Å². The number of hydrogen-bond acceptors (Lipinski definition) is 2. The molecular weight excluding hydrogens is 248 g/mol. The van der Waals surface area contributed by atoms with Crippen LogP contribution in [0, 0.1) is 6.92 Å². The van der Waals surface area contributed by atoms with E-state index in [1.165, 1.54) is 0 Å². The zero-order valence-electron chi connectivity index (χ0n) is 12.2. The Kier molecular flexibility index (Phi) is 4.41. The first-order valence-corrected chi connectivity index (χ1v) is 6.69. The highest BCUT2D eigenvalue weighted by Gasteiger charge is 2.14. The number of carbonyl (C=O) groups excluding carboxylic acids is 1. The van der Waals surface area contributed by atoms with E-state index in [9.17, 15) is 4.79 Å². The molecule has 0 aliphatic carbocycles. The van der Waals surface area contributed by atoms with Crippen LogP contribution in [0.25, 0.3) is 0 Å². The SMILES string of the molecule is CNc1ccc(C(=O)N(C)Cc2ccccc2)c(C)c1. The summed E-state index contributed by atoms with van der Waals surface area (Å²) < 4.78 is 0. The number of benzene rings is 2. The van der Waals surface area contributed by atoms with Crippen LogP contribution >= 0.6 is 0 Å². The number of hydrogen-bond donors (Lipinski definition) is 1. The minimum Gasteiger partial charge on any atom is -0.388 e. The fraction of sp³-hybridized carbons (Fsp3) is 0.235. The number of carbonyl (C=O) groups is 1. The maximum atomic E-state index is 12.5. The first-order chi connectivity index (χ1) is 9.61. The summed E-state index contributed by atoms with van der Waals surface area (Å²) in [4.78, 5) is 14.2. The second kappa shape index (κ2) is 6.24. The quantitative estimate of drug-likeness (QED) is 0.922. The van der Waals surface area contributed by atoms with Crippen molar-refractivity contribution >= 4 is 11.6 Å². The molecule has 0 heterocycles. The Bertz CT molecular complexity index is 593. The first kappa shape index (κ1) is 14.1. The monoisotopic (exact) mass is 268 g/mol. The van der Waals surface area contributed by atoms with Crippen molar-refractivity contribution in [2.75, 3.05) is 19.4 Å². The standard InChI is InChI=1S/C17H20N2O/c1-13-11-15(18-2)9-10-16(13)17(20)19(3)12-14-7-5-4-6-8-14/h4-11,18H,12H2,1-3H3. The van der Waals surface area contributed by atoms with Crippen molar-refractivity contribution in [1.82, 2.24) is 4.90 Å². The maximum absolute atomic E-state index is 12.5. The molecule has 0 bridgehead atoms. The molecule has 0 fully saturated rings. The number of rotatable bonds is 4. The van der Waals surface area contributed by atoms with Gasteiger partial charge >= 0.3 is 0 Å². The second-order valence-corrected chi connectivity index (χ2v) is 4.93. The van der Waals surface area contributed by atoms with E-state index in [0.29, 0.717) is 6.54 Å². The van der Waals surface area contributed by atoms with Gasteiger partial charge in [-0.25, -0.2) is 0 Å². The molecule has 104 valence electrons. The van der Waals surface area contributed by atoms with Gasteiger partial charge in [0.1, 0.15) is 0 Å². The lowest BCUT2D eigenvalue weighted by molar-refractivity contribution is 0.0784. The minimum atomic E-state index is 0.0500. The number of nitrogens with one attached hydrogen (secondary N) is 1. The van der Waals surface area contributed by atoms with E-state index in [1.807, 2.05) is 69.6 Å². The van der Waals surface area contributed by atoms with Crippen LogP contribution in [-0.2, 0) is 6.54 Å². The molecule has 1 N–H and O–H groups in total. The van der Waals surface area contributed by atoms with Crippen LogP contribution in [0.4, 0.5) is 5.69 Å². The molecule has 2 aromatic carbocycles. The van der Waals surface area contributed by atoms with Gasteiger partial charge in [-0.3, -0.25) is 4.79 Å². The van der Waals surface area contributed by atoms with Crippen LogP contribution in [0.3, 0.4) is 0 Å². The van der Waals surface area contributed by atoms with Gasteiger partial charge in [0.15, 0.2) is 0 Å². The van der Waals surface area contributed by atoms with Crippen molar-refractivity contribution in [2.45, 2.75) is 13.5 Å². The Labute approximate surface area is 120 Å². The van der Waals surface area contributed by atoms with Crippen molar-refractivity contribution in [3.63, 3.8) is 0 Å². The summed E-state index contributed by atoms with van der Waals surface area (Å²) in [6.45, 7) is 2.58. The molecule has 3 nitrogen and oxygen atoms in total. The van der Waals surface area contributed by atoms with Gasteiger partial charge in [0.2, 0.25) is 0 Å². The fourth-order valence-electron chi connectivity index (χ4n) is 2.19. The molecular formula is C17H20N2O. The zero-order valence-corrected chi connectivity index (χ0v) is 12.2. The van der Waals surface area contributed by atoms with Crippen LogP contribution in [0.1, 0.15) is 21.5 Å². The highest BCUT2D eigenvalue weighted by molar-refractivity contribution is 5.95. The van der Waals surface area contributed by atoms with Gasteiger partial charge in [-0.05, 0) is 36.2 Å². The molecule has 2 aromatic rings. The van der Waals surface area contributed by atoms with Crippen molar-refractivity contribution < 1.29 is 4.79 Å². The average molecular weight is 268 g/mol. The summed E-state index contributed by atoms with van der Waals surface area (Å²) in [6.07, 6.45) is 0. The molecule has 0 aromatic heterocycles. The van der Waals surface area contributed by atoms with E-state index in [4.69, 9.17) is 0 Å². The predicted octanol–water partition coefficient (Wildman–Crippen LogP) is 3.31. The van der Waals surface area contributed by atoms with Crippen LogP contribution in [0.15, 0.2) is 48.5 Å². The Morgan fingerprint density at radius 2 is 1.85 bits per heavy atom. The maximum Gasteiger partial charge on any atom is 0.254 e. The highest BCUT2D eigenvalue weighted by Crippen LogP contribution is 2.17. The molecule has 0 atom stereocenters. The predicted molar refractivity (Wildman–Crippen MR) is 83.0 cm³/mol. The minimum absolute atomic E-state index is 0.0500. The van der Waals surface area contributed by atoms with Crippen LogP contribution < -0.4 is 5.32 Å². The Morgan fingerprint density at radius 3 is 2.45 bits per heavy atom. The Morgan fingerprint density at radius 1 is 1.15 bits per heavy atom. The van der Waals surface area contributed by atoms with E-state index in [-0.39, 0.29) is 5.91 Å². The number of anilines is 1. The number of amides is 1. The van der Waals surface area contributed by atoms with Gasteiger partial charge in [0, 0.05) is 31.9 Å². The molecule has 3 heteroatoms. The van der Waals surface area contributed by atoms with Crippen LogP contribution in [-0.4, -0.2) is 24.9 Å². The smallest absolute Gasteiger partial charge is 0.254 e. The first-order valence-electron chi connectivity index (χ1n) is 6.69. The van der Waals surface area contributed by atoms with E-state index in [1.54, 1.807) is 4.90 Å². The molecule has 20 heavy (non-hydrogen) atoms. The molecule has 0 unspecified atom stereocenters. The lowest BCUT2D eigenvalue weighted by Crippen LogP contribution is -2.26. The lowest BCUT2D eigenvalue weighted by atomic mass is 10.1. The number of aryl methyl sites for hydroxylation is 1. The summed E-state index contributed by atoms with van der Waals surface area (Å²) in [6, 6.07) is 15.8. The molecule has 0 saturated heterocycles. The van der Waals surface area contributed by atoms with Gasteiger partial charge < -0.3 is 10.2 Å². The lowest BCUT2D eigenvalue weighted by Gasteiger charge is -2.19. The van der Waals surface area contributed by atoms with Gasteiger partial charge in [-0.15, -0.1) is 0 Å². The van der Waals surface area contributed by atoms with Crippen molar-refractivity contribution in [3.8, 4) is 0 Å². The van der Waals surface area contributed by atoms with E-state index < -0.39 is 0 Å². The van der Waals surface area contributed by atoms with Crippen molar-refractivity contribution in [3.05, 3.63) is 65.2 Å².